The van der Waals surface area contributed by atoms with Crippen molar-refractivity contribution in [1.29, 1.82) is 0 Å². The molecule has 16 heavy (non-hydrogen) atoms. The third-order valence-electron chi connectivity index (χ3n) is 3.00. The lowest BCUT2D eigenvalue weighted by molar-refractivity contribution is -1.01. The van der Waals surface area contributed by atoms with Crippen LogP contribution in [0.1, 0.15) is 20.8 Å². The van der Waals surface area contributed by atoms with Crippen LogP contribution >= 0.6 is 7.82 Å². The quantitative estimate of drug-likeness (QED) is 0.450. The molecule has 1 aliphatic heterocycles. The first-order valence-corrected chi connectivity index (χ1v) is 6.97. The van der Waals surface area contributed by atoms with E-state index in [1.165, 1.54) is 0 Å². The Labute approximate surface area is 96.3 Å². The number of amidine groups is 1. The number of hydroxylamine groups is 3. The number of phosphoric acid groups is 1. The van der Waals surface area contributed by atoms with Crippen LogP contribution in [0.5, 0.6) is 0 Å². The maximum absolute atomic E-state index is 11.6. The van der Waals surface area contributed by atoms with Gasteiger partial charge in [0.25, 0.3) is 0 Å². The van der Waals surface area contributed by atoms with E-state index < -0.39 is 7.82 Å². The maximum atomic E-state index is 11.6. The highest BCUT2D eigenvalue weighted by Crippen LogP contribution is 2.47. The average Bonchev–Trinajstić information content (AvgIpc) is 2.46. The summed E-state index contributed by atoms with van der Waals surface area (Å²) in [6.07, 6.45) is 0. The Morgan fingerprint density at radius 3 is 2.56 bits per heavy atom. The summed E-state index contributed by atoms with van der Waals surface area (Å²) in [4.78, 5) is 9.54. The number of likely N-dealkylation sites (N-methyl/N-ethyl adjacent to an activating group) is 2. The van der Waals surface area contributed by atoms with Gasteiger partial charge in [0.2, 0.25) is 0 Å². The van der Waals surface area contributed by atoms with Gasteiger partial charge in [-0.25, -0.2) is 4.57 Å². The fourth-order valence-electron chi connectivity index (χ4n) is 1.88. The van der Waals surface area contributed by atoms with Crippen molar-refractivity contribution in [3.05, 3.63) is 0 Å². The number of hydrogen-bond acceptors (Lipinski definition) is 3. The summed E-state index contributed by atoms with van der Waals surface area (Å²) in [5, 5.41) is 0. The number of nitrogens with zero attached hydrogens (tertiary/aromatic N) is 2. The molecule has 0 bridgehead atoms. The number of hydrogen-bond donors (Lipinski definition) is 1. The highest BCUT2D eigenvalue weighted by molar-refractivity contribution is 7.47. The Morgan fingerprint density at radius 1 is 1.56 bits per heavy atom. The molecule has 7 heteroatoms. The fourth-order valence-corrected chi connectivity index (χ4v) is 2.96. The van der Waals surface area contributed by atoms with Crippen molar-refractivity contribution in [2.45, 2.75) is 20.8 Å². The van der Waals surface area contributed by atoms with Gasteiger partial charge in [0.05, 0.1) is 13.5 Å². The maximum Gasteiger partial charge on any atom is 0.518 e. The van der Waals surface area contributed by atoms with Gasteiger partial charge in [-0.3, -0.25) is 9.42 Å². The van der Waals surface area contributed by atoms with Crippen LogP contribution in [-0.4, -0.2) is 53.2 Å². The van der Waals surface area contributed by atoms with Gasteiger partial charge in [-0.2, -0.15) is 4.58 Å². The molecule has 94 valence electrons. The second-order valence-electron chi connectivity index (χ2n) is 3.87. The van der Waals surface area contributed by atoms with E-state index in [-0.39, 0.29) is 11.3 Å². The largest absolute Gasteiger partial charge is 0.518 e. The molecule has 0 fully saturated rings. The minimum absolute atomic E-state index is 0.0737. The zero-order valence-electron chi connectivity index (χ0n) is 10.3. The summed E-state index contributed by atoms with van der Waals surface area (Å²) in [5.74, 6) is 0.927. The second-order valence-corrected chi connectivity index (χ2v) is 5.22. The molecule has 2 unspecified atom stereocenters. The topological polar surface area (TPSA) is 58.8 Å². The molecule has 0 aromatic heterocycles. The van der Waals surface area contributed by atoms with Crippen LogP contribution in [0.3, 0.4) is 0 Å². The zero-order valence-corrected chi connectivity index (χ0v) is 11.2. The van der Waals surface area contributed by atoms with Gasteiger partial charge in [0, 0.05) is 0 Å². The van der Waals surface area contributed by atoms with E-state index in [4.69, 9.17) is 9.15 Å². The predicted molar refractivity (Wildman–Crippen MR) is 59.9 cm³/mol. The fraction of sp³-hybridized carbons (Fsp3) is 0.889. The number of phosphoric ester groups is 1. The minimum atomic E-state index is -3.96. The summed E-state index contributed by atoms with van der Waals surface area (Å²) in [5.41, 5.74) is 0. The lowest BCUT2D eigenvalue weighted by Gasteiger charge is -2.26. The molecule has 0 radical (unpaired) electrons. The molecule has 0 saturated carbocycles. The van der Waals surface area contributed by atoms with E-state index in [2.05, 4.69) is 0 Å². The van der Waals surface area contributed by atoms with Gasteiger partial charge >= 0.3 is 13.7 Å². The molecule has 0 saturated heterocycles. The SMILES string of the molecule is CCOP(=O)(O)O[N+]1(CC)CC[N+](C)=C1C. The molecular weight excluding hydrogens is 231 g/mol. The van der Waals surface area contributed by atoms with E-state index in [9.17, 15) is 9.46 Å². The molecule has 0 spiro atoms. The van der Waals surface area contributed by atoms with Crippen molar-refractivity contribution in [2.75, 3.05) is 33.3 Å². The second kappa shape index (κ2) is 4.94. The van der Waals surface area contributed by atoms with E-state index in [0.29, 0.717) is 13.1 Å². The summed E-state index contributed by atoms with van der Waals surface area (Å²) >= 11 is 0. The van der Waals surface area contributed by atoms with Crippen LogP contribution < -0.4 is 0 Å². The van der Waals surface area contributed by atoms with E-state index >= 15 is 0 Å². The Balaban J connectivity index is 2.89. The first-order valence-electron chi connectivity index (χ1n) is 5.48. The third-order valence-corrected chi connectivity index (χ3v) is 4.10. The van der Waals surface area contributed by atoms with Gasteiger partial charge in [-0.15, -0.1) is 0 Å². The molecule has 0 aromatic rings. The Kier molecular flexibility index (Phi) is 4.26. The smallest absolute Gasteiger partial charge is 0.299 e. The van der Waals surface area contributed by atoms with Crippen molar-refractivity contribution in [1.82, 2.24) is 0 Å². The molecule has 0 aromatic carbocycles. The van der Waals surface area contributed by atoms with Crippen LogP contribution in [0.15, 0.2) is 0 Å². The van der Waals surface area contributed by atoms with Crippen LogP contribution in [-0.2, 0) is 13.7 Å². The van der Waals surface area contributed by atoms with E-state index in [0.717, 1.165) is 12.4 Å². The van der Waals surface area contributed by atoms with Crippen molar-refractivity contribution in [2.24, 2.45) is 0 Å². The third kappa shape index (κ3) is 2.70. The molecule has 1 N–H and O–H groups in total. The first-order chi connectivity index (χ1) is 7.37. The number of quaternary nitrogens is 1. The predicted octanol–water partition coefficient (Wildman–Crippen LogP) is 0.966. The van der Waals surface area contributed by atoms with Crippen molar-refractivity contribution >= 4 is 13.7 Å². The highest BCUT2D eigenvalue weighted by atomic mass is 31.2. The Bertz CT molecular complexity index is 344. The first kappa shape index (κ1) is 13.8. The van der Waals surface area contributed by atoms with Gasteiger partial charge in [0.1, 0.15) is 13.6 Å². The van der Waals surface area contributed by atoms with Gasteiger partial charge in [0.15, 0.2) is 13.1 Å². The van der Waals surface area contributed by atoms with Crippen LogP contribution in [0.25, 0.3) is 0 Å². The molecule has 0 amide bonds. The molecule has 1 aliphatic rings. The molecular formula is C9H21N2O4P+2. The van der Waals surface area contributed by atoms with Crippen LogP contribution in [0.2, 0.25) is 0 Å². The summed E-state index contributed by atoms with van der Waals surface area (Å²) in [6.45, 7) is 7.73. The molecule has 2 atom stereocenters. The van der Waals surface area contributed by atoms with Gasteiger partial charge in [-0.05, 0) is 13.8 Å². The van der Waals surface area contributed by atoms with Crippen molar-refractivity contribution in [3.63, 3.8) is 0 Å². The van der Waals surface area contributed by atoms with Crippen LogP contribution in [0.4, 0.5) is 0 Å². The summed E-state index contributed by atoms with van der Waals surface area (Å²) in [6, 6.07) is 0. The summed E-state index contributed by atoms with van der Waals surface area (Å²) < 4.78 is 23.8. The Morgan fingerprint density at radius 2 is 2.19 bits per heavy atom. The summed E-state index contributed by atoms with van der Waals surface area (Å²) in [7, 11) is -2.02. The van der Waals surface area contributed by atoms with Crippen molar-refractivity contribution < 1.29 is 27.8 Å². The molecule has 6 nitrogen and oxygen atoms in total. The van der Waals surface area contributed by atoms with Gasteiger partial charge < -0.3 is 0 Å². The van der Waals surface area contributed by atoms with E-state index in [1.807, 2.05) is 25.5 Å². The normalized spacial score (nSPS) is 29.6. The Hall–Kier alpha value is -0.260. The standard InChI is InChI=1S/C9H20N2O4P/c1-5-11(8-7-10(4)9(11)3)15-16(12,13)14-6-2/h5-8H2,1-4H3/q+1/p+1. The van der Waals surface area contributed by atoms with Crippen molar-refractivity contribution in [3.8, 4) is 0 Å². The molecule has 1 rings (SSSR count). The van der Waals surface area contributed by atoms with Gasteiger partial charge in [-0.1, -0.05) is 9.27 Å². The minimum Gasteiger partial charge on any atom is -0.299 e. The average molecular weight is 252 g/mol. The number of rotatable bonds is 5. The monoisotopic (exact) mass is 252 g/mol. The molecule has 0 aliphatic carbocycles. The lowest BCUT2D eigenvalue weighted by Crippen LogP contribution is -2.49. The zero-order chi connectivity index (χ0) is 12.4. The van der Waals surface area contributed by atoms with E-state index in [1.54, 1.807) is 6.92 Å². The lowest BCUT2D eigenvalue weighted by atomic mass is 10.5. The molecule has 1 heterocycles. The highest BCUT2D eigenvalue weighted by Gasteiger charge is 2.50. The van der Waals surface area contributed by atoms with Crippen LogP contribution in [0, 0.1) is 0 Å².